The molecule has 0 fully saturated rings. The van der Waals surface area contributed by atoms with Crippen LogP contribution in [0.1, 0.15) is 87.0 Å². The van der Waals surface area contributed by atoms with Crippen LogP contribution in [0.5, 0.6) is 11.5 Å². The second kappa shape index (κ2) is 11.8. The molecule has 1 heterocycles. The van der Waals surface area contributed by atoms with Gasteiger partial charge in [-0.1, -0.05) is 53.7 Å². The van der Waals surface area contributed by atoms with Crippen LogP contribution < -0.4 is 15.2 Å². The van der Waals surface area contributed by atoms with Gasteiger partial charge in [0.15, 0.2) is 17.3 Å². The Hall–Kier alpha value is -2.38. The van der Waals surface area contributed by atoms with E-state index in [2.05, 4.69) is 59.7 Å². The molecule has 0 atom stereocenters. The molecule has 7 heteroatoms. The van der Waals surface area contributed by atoms with Gasteiger partial charge in [-0.25, -0.2) is 0 Å². The smallest absolute Gasteiger partial charge is 0.182 e. The summed E-state index contributed by atoms with van der Waals surface area (Å²) in [6, 6.07) is 10.0. The number of nitrogens with two attached hydrogens (primary N) is 1. The van der Waals surface area contributed by atoms with Crippen LogP contribution in [0.3, 0.4) is 0 Å². The number of halogens is 1. The van der Waals surface area contributed by atoms with Crippen molar-refractivity contribution in [2.75, 3.05) is 26.8 Å². The number of fused-ring (bicyclic) bond motifs is 1. The third-order valence-corrected chi connectivity index (χ3v) is 6.49. The maximum absolute atomic E-state index is 13.5. The minimum atomic E-state index is -0.239. The average molecular weight is 561 g/mol. The molecule has 0 aromatic heterocycles. The first-order valence-corrected chi connectivity index (χ1v) is 12.4. The minimum Gasteiger partial charge on any atom is -0.493 e. The lowest BCUT2D eigenvalue weighted by Gasteiger charge is -2.25. The van der Waals surface area contributed by atoms with Crippen LogP contribution in [0, 0.1) is 5.41 Å². The summed E-state index contributed by atoms with van der Waals surface area (Å²) < 4.78 is 11.8. The molecular weight excluding hydrogens is 518 g/mol. The maximum Gasteiger partial charge on any atom is 0.182 e. The average Bonchev–Trinajstić information content (AvgIpc) is 3.09. The number of hydrogen-bond donors (Lipinski definition) is 2. The van der Waals surface area contributed by atoms with Crippen molar-refractivity contribution in [1.82, 2.24) is 4.90 Å². The highest BCUT2D eigenvalue weighted by molar-refractivity contribution is 8.93. The molecule has 3 N–H and O–H groups in total. The molecule has 2 aromatic rings. The van der Waals surface area contributed by atoms with Gasteiger partial charge in [0.2, 0.25) is 0 Å². The van der Waals surface area contributed by atoms with Gasteiger partial charge in [-0.15, -0.1) is 17.0 Å². The quantitative estimate of drug-likeness (QED) is 0.290. The van der Waals surface area contributed by atoms with Crippen LogP contribution in [0.15, 0.2) is 30.3 Å². The molecular formula is C29H42BrN3O3. The van der Waals surface area contributed by atoms with Crippen molar-refractivity contribution in [2.45, 2.75) is 71.8 Å². The normalized spacial score (nSPS) is 13.3. The fourth-order valence-electron chi connectivity index (χ4n) is 4.32. The number of methoxy groups -OCH3 is 1. The Morgan fingerprint density at radius 1 is 1.06 bits per heavy atom. The van der Waals surface area contributed by atoms with Crippen molar-refractivity contribution in [1.29, 1.82) is 5.41 Å². The molecule has 0 unspecified atom stereocenters. The number of Topliss-reactive ketones (excluding diaryl/α,β-unsaturated/α-hetero) is 1. The molecule has 1 aliphatic heterocycles. The van der Waals surface area contributed by atoms with Gasteiger partial charge in [0, 0.05) is 23.2 Å². The SMILES string of the molecule is Br.COc1c(OCCCCN)cc(C(=O)CN2Cc3ccc(C(C)(C)C)cc3C2=N)cc1C(C)(C)C. The predicted molar refractivity (Wildman–Crippen MR) is 153 cm³/mol. The zero-order chi connectivity index (χ0) is 26.0. The number of benzene rings is 2. The molecule has 0 aliphatic carbocycles. The van der Waals surface area contributed by atoms with E-state index in [4.69, 9.17) is 20.6 Å². The van der Waals surface area contributed by atoms with Gasteiger partial charge in [0.25, 0.3) is 0 Å². The van der Waals surface area contributed by atoms with Gasteiger partial charge in [-0.3, -0.25) is 10.2 Å². The second-order valence-corrected chi connectivity index (χ2v) is 11.4. The number of rotatable bonds is 9. The number of ketones is 1. The van der Waals surface area contributed by atoms with Crippen molar-refractivity contribution >= 4 is 28.6 Å². The Bertz CT molecular complexity index is 1100. The highest BCUT2D eigenvalue weighted by Gasteiger charge is 2.30. The van der Waals surface area contributed by atoms with Crippen molar-refractivity contribution in [3.8, 4) is 11.5 Å². The zero-order valence-corrected chi connectivity index (χ0v) is 24.5. The second-order valence-electron chi connectivity index (χ2n) is 11.4. The van der Waals surface area contributed by atoms with Crippen molar-refractivity contribution < 1.29 is 14.3 Å². The number of ether oxygens (including phenoxy) is 2. The summed E-state index contributed by atoms with van der Waals surface area (Å²) in [6.45, 7) is 14.6. The van der Waals surface area contributed by atoms with Crippen LogP contribution in [-0.4, -0.2) is 43.3 Å². The van der Waals surface area contributed by atoms with E-state index in [1.807, 2.05) is 11.0 Å². The fourth-order valence-corrected chi connectivity index (χ4v) is 4.32. The molecule has 0 spiro atoms. The lowest BCUT2D eigenvalue weighted by molar-refractivity contribution is 0.0962. The Labute approximate surface area is 226 Å². The number of carbonyl (C=O) groups is 1. The summed E-state index contributed by atoms with van der Waals surface area (Å²) >= 11 is 0. The van der Waals surface area contributed by atoms with Crippen LogP contribution in [-0.2, 0) is 17.4 Å². The molecule has 0 amide bonds. The molecule has 3 rings (SSSR count). The summed E-state index contributed by atoms with van der Waals surface area (Å²) in [5.41, 5.74) is 10.1. The monoisotopic (exact) mass is 559 g/mol. The highest BCUT2D eigenvalue weighted by Crippen LogP contribution is 2.40. The number of carbonyl (C=O) groups excluding carboxylic acids is 1. The first kappa shape index (κ1) is 29.8. The molecule has 2 aromatic carbocycles. The summed E-state index contributed by atoms with van der Waals surface area (Å²) in [6.07, 6.45) is 1.71. The van der Waals surface area contributed by atoms with Gasteiger partial charge < -0.3 is 20.1 Å². The largest absolute Gasteiger partial charge is 0.493 e. The molecule has 198 valence electrons. The van der Waals surface area contributed by atoms with Crippen molar-refractivity contribution in [2.24, 2.45) is 5.73 Å². The molecule has 0 radical (unpaired) electrons. The third kappa shape index (κ3) is 6.68. The van der Waals surface area contributed by atoms with Crippen LogP contribution in [0.2, 0.25) is 0 Å². The molecule has 0 saturated carbocycles. The number of nitrogens with zero attached hydrogens (tertiary/aromatic N) is 1. The third-order valence-electron chi connectivity index (χ3n) is 6.49. The number of nitrogens with one attached hydrogen (secondary N) is 1. The van der Waals surface area contributed by atoms with E-state index in [9.17, 15) is 4.79 Å². The van der Waals surface area contributed by atoms with E-state index in [0.29, 0.717) is 42.6 Å². The van der Waals surface area contributed by atoms with Gasteiger partial charge in [-0.05, 0) is 59.5 Å². The summed E-state index contributed by atoms with van der Waals surface area (Å²) in [5, 5.41) is 8.74. The van der Waals surface area contributed by atoms with E-state index in [1.165, 1.54) is 5.56 Å². The molecule has 1 aliphatic rings. The Kier molecular flexibility index (Phi) is 9.77. The molecule has 6 nitrogen and oxygen atoms in total. The Morgan fingerprint density at radius 2 is 1.75 bits per heavy atom. The molecule has 0 bridgehead atoms. The highest BCUT2D eigenvalue weighted by atomic mass is 79.9. The topological polar surface area (TPSA) is 88.6 Å². The first-order valence-electron chi connectivity index (χ1n) is 12.4. The van der Waals surface area contributed by atoms with Gasteiger partial charge in [0.1, 0.15) is 5.84 Å². The minimum absolute atomic E-state index is 0. The van der Waals surface area contributed by atoms with Gasteiger partial charge >= 0.3 is 0 Å². The van der Waals surface area contributed by atoms with E-state index in [0.717, 1.165) is 29.5 Å². The lowest BCUT2D eigenvalue weighted by atomic mass is 9.84. The summed E-state index contributed by atoms with van der Waals surface area (Å²) in [7, 11) is 1.63. The molecule has 0 saturated heterocycles. The summed E-state index contributed by atoms with van der Waals surface area (Å²) in [5.74, 6) is 1.61. The maximum atomic E-state index is 13.5. The standard InChI is InChI=1S/C29H41N3O3.BrH/c1-28(2,3)21-11-10-19-17-32(27(31)22(19)16-21)18-24(33)20-14-23(29(4,5)6)26(34-7)25(15-20)35-13-9-8-12-30;/h10-11,14-16,31H,8-9,12-13,17-18,30H2,1-7H3;1H. The predicted octanol–water partition coefficient (Wildman–Crippen LogP) is 6.01. The summed E-state index contributed by atoms with van der Waals surface area (Å²) in [4.78, 5) is 15.3. The number of unbranched alkanes of at least 4 members (excludes halogenated alkanes) is 1. The number of amidine groups is 1. The number of hydrogen-bond acceptors (Lipinski definition) is 5. The lowest BCUT2D eigenvalue weighted by Crippen LogP contribution is -2.30. The fraction of sp³-hybridized carbons (Fsp3) is 0.517. The first-order chi connectivity index (χ1) is 16.4. The van der Waals surface area contributed by atoms with E-state index in [1.54, 1.807) is 13.2 Å². The van der Waals surface area contributed by atoms with Crippen LogP contribution in [0.25, 0.3) is 0 Å². The van der Waals surface area contributed by atoms with Crippen molar-refractivity contribution in [3.63, 3.8) is 0 Å². The van der Waals surface area contributed by atoms with Crippen LogP contribution in [0.4, 0.5) is 0 Å². The van der Waals surface area contributed by atoms with E-state index >= 15 is 0 Å². The Morgan fingerprint density at radius 3 is 2.33 bits per heavy atom. The van der Waals surface area contributed by atoms with Crippen molar-refractivity contribution in [3.05, 3.63) is 58.1 Å². The molecule has 36 heavy (non-hydrogen) atoms. The Balaban J connectivity index is 0.00000456. The van der Waals surface area contributed by atoms with Crippen LogP contribution >= 0.6 is 17.0 Å². The van der Waals surface area contributed by atoms with Gasteiger partial charge in [-0.2, -0.15) is 0 Å². The van der Waals surface area contributed by atoms with E-state index < -0.39 is 0 Å². The van der Waals surface area contributed by atoms with Gasteiger partial charge in [0.05, 0.1) is 20.3 Å². The zero-order valence-electron chi connectivity index (χ0n) is 22.8. The van der Waals surface area contributed by atoms with E-state index in [-0.39, 0.29) is 40.1 Å².